The summed E-state index contributed by atoms with van der Waals surface area (Å²) >= 11 is 0. The number of hydrogen-bond donors (Lipinski definition) is 1. The summed E-state index contributed by atoms with van der Waals surface area (Å²) in [6.45, 7) is 15.4. The Balaban J connectivity index is 4.40. The van der Waals surface area contributed by atoms with Gasteiger partial charge in [-0.3, -0.25) is 4.90 Å². The zero-order valence-corrected chi connectivity index (χ0v) is 13.3. The highest BCUT2D eigenvalue weighted by Gasteiger charge is 2.18. The minimum absolute atomic E-state index is 0.563. The molecule has 0 aliphatic heterocycles. The third-order valence-electron chi connectivity index (χ3n) is 3.08. The van der Waals surface area contributed by atoms with Crippen LogP contribution in [0.5, 0.6) is 0 Å². The molecule has 0 aliphatic carbocycles. The van der Waals surface area contributed by atoms with Gasteiger partial charge in [0.25, 0.3) is 0 Å². The monoisotopic (exact) mass is 258 g/mol. The Labute approximate surface area is 114 Å². The van der Waals surface area contributed by atoms with E-state index in [0.29, 0.717) is 18.0 Å². The normalized spacial score (nSPS) is 13.8. The molecule has 0 aromatic rings. The second kappa shape index (κ2) is 10.8. The Kier molecular flexibility index (Phi) is 10.7. The first-order chi connectivity index (χ1) is 8.51. The van der Waals surface area contributed by atoms with Crippen LogP contribution in [-0.2, 0) is 4.74 Å². The average molecular weight is 258 g/mol. The van der Waals surface area contributed by atoms with Crippen molar-refractivity contribution in [3.05, 3.63) is 0 Å². The molecule has 3 nitrogen and oxygen atoms in total. The van der Waals surface area contributed by atoms with Crippen molar-refractivity contribution in [1.82, 2.24) is 10.2 Å². The molecule has 0 amide bonds. The Morgan fingerprint density at radius 3 is 2.28 bits per heavy atom. The molecule has 3 heteroatoms. The summed E-state index contributed by atoms with van der Waals surface area (Å²) in [5, 5.41) is 3.58. The number of methoxy groups -OCH3 is 1. The lowest BCUT2D eigenvalue weighted by Gasteiger charge is -2.33. The van der Waals surface area contributed by atoms with Crippen LogP contribution in [-0.4, -0.2) is 50.3 Å². The van der Waals surface area contributed by atoms with E-state index in [-0.39, 0.29) is 0 Å². The van der Waals surface area contributed by atoms with Crippen LogP contribution in [0, 0.1) is 5.92 Å². The van der Waals surface area contributed by atoms with E-state index in [1.807, 2.05) is 0 Å². The van der Waals surface area contributed by atoms with Crippen LogP contribution < -0.4 is 5.32 Å². The number of ether oxygens (including phenoxy) is 1. The van der Waals surface area contributed by atoms with Gasteiger partial charge in [-0.2, -0.15) is 0 Å². The van der Waals surface area contributed by atoms with Crippen LogP contribution in [0.2, 0.25) is 0 Å². The van der Waals surface area contributed by atoms with Gasteiger partial charge in [0.15, 0.2) is 0 Å². The summed E-state index contributed by atoms with van der Waals surface area (Å²) in [4.78, 5) is 2.59. The smallest absolute Gasteiger partial charge is 0.0589 e. The quantitative estimate of drug-likeness (QED) is 0.617. The van der Waals surface area contributed by atoms with Crippen LogP contribution >= 0.6 is 0 Å². The molecule has 0 radical (unpaired) electrons. The molecule has 0 aromatic carbocycles. The second-order valence-corrected chi connectivity index (χ2v) is 5.89. The predicted octanol–water partition coefficient (Wildman–Crippen LogP) is 2.76. The first kappa shape index (κ1) is 17.9. The molecule has 0 rings (SSSR count). The average Bonchev–Trinajstić information content (AvgIpc) is 2.29. The molecule has 0 heterocycles. The van der Waals surface area contributed by atoms with E-state index < -0.39 is 0 Å². The molecule has 0 spiro atoms. The SMILES string of the molecule is CCCC(CNC(C)C)N(CCOC)CC(C)C. The lowest BCUT2D eigenvalue weighted by molar-refractivity contribution is 0.104. The third kappa shape index (κ3) is 8.90. The second-order valence-electron chi connectivity index (χ2n) is 5.89. The lowest BCUT2D eigenvalue weighted by atomic mass is 10.1. The van der Waals surface area contributed by atoms with Crippen molar-refractivity contribution in [2.45, 2.75) is 59.5 Å². The van der Waals surface area contributed by atoms with Crippen LogP contribution in [0.25, 0.3) is 0 Å². The van der Waals surface area contributed by atoms with Crippen LogP contribution in [0.4, 0.5) is 0 Å². The van der Waals surface area contributed by atoms with Crippen LogP contribution in [0.3, 0.4) is 0 Å². The van der Waals surface area contributed by atoms with Crippen LogP contribution in [0.15, 0.2) is 0 Å². The molecule has 0 aromatic heterocycles. The zero-order chi connectivity index (χ0) is 14.0. The van der Waals surface area contributed by atoms with E-state index in [0.717, 1.165) is 26.2 Å². The van der Waals surface area contributed by atoms with E-state index in [2.05, 4.69) is 44.8 Å². The summed E-state index contributed by atoms with van der Waals surface area (Å²) in [7, 11) is 1.79. The Bertz CT molecular complexity index is 183. The number of nitrogens with zero attached hydrogens (tertiary/aromatic N) is 1. The Hall–Kier alpha value is -0.120. The van der Waals surface area contributed by atoms with Gasteiger partial charge < -0.3 is 10.1 Å². The van der Waals surface area contributed by atoms with Crippen molar-refractivity contribution in [3.63, 3.8) is 0 Å². The molecule has 0 fully saturated rings. The number of nitrogens with one attached hydrogen (secondary N) is 1. The number of rotatable bonds is 11. The maximum absolute atomic E-state index is 5.25. The van der Waals surface area contributed by atoms with E-state index in [1.165, 1.54) is 12.8 Å². The summed E-state index contributed by atoms with van der Waals surface area (Å²) in [5.41, 5.74) is 0. The third-order valence-corrected chi connectivity index (χ3v) is 3.08. The van der Waals surface area contributed by atoms with E-state index in [4.69, 9.17) is 4.74 Å². The standard InChI is InChI=1S/C15H34N2O/c1-7-8-15(11-16-14(4)5)17(9-10-18-6)12-13(2)3/h13-16H,7-12H2,1-6H3. The maximum atomic E-state index is 5.25. The highest BCUT2D eigenvalue weighted by Crippen LogP contribution is 2.10. The summed E-state index contributed by atoms with van der Waals surface area (Å²) in [6, 6.07) is 1.20. The molecule has 1 unspecified atom stereocenters. The Morgan fingerprint density at radius 2 is 1.83 bits per heavy atom. The highest BCUT2D eigenvalue weighted by atomic mass is 16.5. The number of hydrogen-bond acceptors (Lipinski definition) is 3. The molecular formula is C15H34N2O. The fourth-order valence-electron chi connectivity index (χ4n) is 2.22. The van der Waals surface area contributed by atoms with Gasteiger partial charge in [-0.15, -0.1) is 0 Å². The van der Waals surface area contributed by atoms with Gasteiger partial charge in [0.1, 0.15) is 0 Å². The molecule has 0 bridgehead atoms. The van der Waals surface area contributed by atoms with Crippen molar-refractivity contribution >= 4 is 0 Å². The first-order valence-electron chi connectivity index (χ1n) is 7.47. The summed E-state index contributed by atoms with van der Waals surface area (Å²) in [6.07, 6.45) is 2.50. The highest BCUT2D eigenvalue weighted by molar-refractivity contribution is 4.76. The molecule has 0 aliphatic rings. The van der Waals surface area contributed by atoms with E-state index in [9.17, 15) is 0 Å². The largest absolute Gasteiger partial charge is 0.383 e. The van der Waals surface area contributed by atoms with Gasteiger partial charge in [-0.1, -0.05) is 41.0 Å². The van der Waals surface area contributed by atoms with Crippen molar-refractivity contribution < 1.29 is 4.74 Å². The molecule has 110 valence electrons. The van der Waals surface area contributed by atoms with Gasteiger partial charge in [0.05, 0.1) is 6.61 Å². The van der Waals surface area contributed by atoms with Gasteiger partial charge in [-0.05, 0) is 12.3 Å². The van der Waals surface area contributed by atoms with E-state index in [1.54, 1.807) is 7.11 Å². The minimum Gasteiger partial charge on any atom is -0.383 e. The topological polar surface area (TPSA) is 24.5 Å². The van der Waals surface area contributed by atoms with Crippen molar-refractivity contribution in [1.29, 1.82) is 0 Å². The lowest BCUT2D eigenvalue weighted by Crippen LogP contribution is -2.46. The fourth-order valence-corrected chi connectivity index (χ4v) is 2.22. The van der Waals surface area contributed by atoms with Gasteiger partial charge >= 0.3 is 0 Å². The molecular weight excluding hydrogens is 224 g/mol. The van der Waals surface area contributed by atoms with Crippen molar-refractivity contribution in [2.75, 3.05) is 33.4 Å². The molecule has 1 N–H and O–H groups in total. The first-order valence-corrected chi connectivity index (χ1v) is 7.47. The fraction of sp³-hybridized carbons (Fsp3) is 1.00. The molecule has 0 saturated carbocycles. The predicted molar refractivity (Wildman–Crippen MR) is 80.1 cm³/mol. The van der Waals surface area contributed by atoms with Crippen molar-refractivity contribution in [3.8, 4) is 0 Å². The van der Waals surface area contributed by atoms with Gasteiger partial charge in [0.2, 0.25) is 0 Å². The van der Waals surface area contributed by atoms with E-state index >= 15 is 0 Å². The van der Waals surface area contributed by atoms with Crippen LogP contribution in [0.1, 0.15) is 47.5 Å². The maximum Gasteiger partial charge on any atom is 0.0589 e. The Morgan fingerprint density at radius 1 is 1.17 bits per heavy atom. The summed E-state index contributed by atoms with van der Waals surface area (Å²) in [5.74, 6) is 0.709. The molecule has 1 atom stereocenters. The summed E-state index contributed by atoms with van der Waals surface area (Å²) < 4.78 is 5.25. The van der Waals surface area contributed by atoms with Crippen molar-refractivity contribution in [2.24, 2.45) is 5.92 Å². The molecule has 18 heavy (non-hydrogen) atoms. The van der Waals surface area contributed by atoms with Gasteiger partial charge in [0, 0.05) is 38.8 Å². The molecule has 0 saturated heterocycles. The minimum atomic E-state index is 0.563. The zero-order valence-electron chi connectivity index (χ0n) is 13.3. The van der Waals surface area contributed by atoms with Gasteiger partial charge in [-0.25, -0.2) is 0 Å².